The Kier molecular flexibility index (Phi) is 3.77. The largest absolute Gasteiger partial charge is 0.378 e. The molecule has 0 bridgehead atoms. The van der Waals surface area contributed by atoms with Crippen LogP contribution in [0.2, 0.25) is 0 Å². The third-order valence-electron chi connectivity index (χ3n) is 2.93. The van der Waals surface area contributed by atoms with Crippen LogP contribution in [0, 0.1) is 0 Å². The van der Waals surface area contributed by atoms with Crippen LogP contribution < -0.4 is 5.32 Å². The van der Waals surface area contributed by atoms with Crippen LogP contribution in [0.15, 0.2) is 36.7 Å². The number of hydrogen-bond donors (Lipinski definition) is 2. The Labute approximate surface area is 106 Å². The van der Waals surface area contributed by atoms with Crippen molar-refractivity contribution in [2.24, 2.45) is 0 Å². The van der Waals surface area contributed by atoms with E-state index in [0.717, 1.165) is 16.8 Å². The van der Waals surface area contributed by atoms with E-state index in [9.17, 15) is 4.79 Å². The molecule has 2 aromatic rings. The van der Waals surface area contributed by atoms with Gasteiger partial charge in [-0.2, -0.15) is 5.10 Å². The second-order valence-electron chi connectivity index (χ2n) is 4.25. The van der Waals surface area contributed by atoms with Gasteiger partial charge in [0, 0.05) is 29.4 Å². The first-order valence-corrected chi connectivity index (χ1v) is 6.09. The van der Waals surface area contributed by atoms with Crippen LogP contribution in [0.4, 0.5) is 5.69 Å². The molecule has 0 aliphatic rings. The van der Waals surface area contributed by atoms with Gasteiger partial charge in [-0.05, 0) is 31.2 Å². The van der Waals surface area contributed by atoms with Gasteiger partial charge in [0.1, 0.15) is 0 Å². The number of aromatic nitrogens is 2. The van der Waals surface area contributed by atoms with Gasteiger partial charge in [-0.3, -0.25) is 9.89 Å². The van der Waals surface area contributed by atoms with Crippen molar-refractivity contribution in [3.8, 4) is 0 Å². The maximum Gasteiger partial charge on any atom is 0.162 e. The standard InChI is InChI=1S/C14H17N3O/c1-3-14(18)11-4-6-13(7-5-11)17-10(2)12-8-15-16-9-12/h4-10,17H,3H2,1-2H3,(H,15,16). The number of Topliss-reactive ketones (excluding diaryl/α,β-unsaturated/α-hetero) is 1. The second-order valence-corrected chi connectivity index (χ2v) is 4.25. The molecule has 1 heterocycles. The summed E-state index contributed by atoms with van der Waals surface area (Å²) in [6.45, 7) is 3.94. The van der Waals surface area contributed by atoms with Crippen molar-refractivity contribution in [1.29, 1.82) is 0 Å². The molecule has 0 amide bonds. The van der Waals surface area contributed by atoms with Crippen molar-refractivity contribution in [2.45, 2.75) is 26.3 Å². The van der Waals surface area contributed by atoms with Gasteiger partial charge in [0.2, 0.25) is 0 Å². The highest BCUT2D eigenvalue weighted by molar-refractivity contribution is 5.96. The predicted molar refractivity (Wildman–Crippen MR) is 71.7 cm³/mol. The predicted octanol–water partition coefficient (Wildman–Crippen LogP) is 3.18. The molecule has 0 saturated carbocycles. The van der Waals surface area contributed by atoms with E-state index in [1.165, 1.54) is 0 Å². The van der Waals surface area contributed by atoms with Crippen molar-refractivity contribution < 1.29 is 4.79 Å². The molecule has 18 heavy (non-hydrogen) atoms. The Morgan fingerprint density at radius 2 is 2.11 bits per heavy atom. The van der Waals surface area contributed by atoms with Crippen LogP contribution in [-0.2, 0) is 0 Å². The van der Waals surface area contributed by atoms with E-state index in [2.05, 4.69) is 22.4 Å². The Hall–Kier alpha value is -2.10. The van der Waals surface area contributed by atoms with Crippen LogP contribution >= 0.6 is 0 Å². The van der Waals surface area contributed by atoms with E-state index in [1.807, 2.05) is 37.4 Å². The van der Waals surface area contributed by atoms with E-state index in [4.69, 9.17) is 0 Å². The minimum absolute atomic E-state index is 0.171. The molecule has 1 aromatic heterocycles. The van der Waals surface area contributed by atoms with E-state index >= 15 is 0 Å². The molecular weight excluding hydrogens is 226 g/mol. The molecule has 0 fully saturated rings. The summed E-state index contributed by atoms with van der Waals surface area (Å²) < 4.78 is 0. The molecule has 2 rings (SSSR count). The van der Waals surface area contributed by atoms with Crippen molar-refractivity contribution in [1.82, 2.24) is 10.2 Å². The molecule has 0 saturated heterocycles. The number of aromatic amines is 1. The third-order valence-corrected chi connectivity index (χ3v) is 2.93. The van der Waals surface area contributed by atoms with Crippen molar-refractivity contribution in [2.75, 3.05) is 5.32 Å². The topological polar surface area (TPSA) is 57.8 Å². The van der Waals surface area contributed by atoms with Gasteiger partial charge in [0.25, 0.3) is 0 Å². The highest BCUT2D eigenvalue weighted by Gasteiger charge is 2.07. The first-order valence-electron chi connectivity index (χ1n) is 6.09. The average molecular weight is 243 g/mol. The van der Waals surface area contributed by atoms with E-state index in [-0.39, 0.29) is 11.8 Å². The molecule has 1 unspecified atom stereocenters. The van der Waals surface area contributed by atoms with E-state index in [0.29, 0.717) is 6.42 Å². The number of rotatable bonds is 5. The van der Waals surface area contributed by atoms with Gasteiger partial charge in [0.05, 0.1) is 12.2 Å². The normalized spacial score (nSPS) is 12.1. The Bertz CT molecular complexity index is 502. The number of nitrogens with zero attached hydrogens (tertiary/aromatic N) is 1. The van der Waals surface area contributed by atoms with Crippen molar-refractivity contribution >= 4 is 11.5 Å². The lowest BCUT2D eigenvalue weighted by molar-refractivity contribution is 0.0988. The SMILES string of the molecule is CCC(=O)c1ccc(NC(C)c2cn[nH]c2)cc1. The van der Waals surface area contributed by atoms with Gasteiger partial charge in [0.15, 0.2) is 5.78 Å². The molecule has 0 aliphatic heterocycles. The fraction of sp³-hybridized carbons (Fsp3) is 0.286. The van der Waals surface area contributed by atoms with Gasteiger partial charge in [-0.25, -0.2) is 0 Å². The number of hydrogen-bond acceptors (Lipinski definition) is 3. The van der Waals surface area contributed by atoms with Crippen LogP contribution in [0.1, 0.15) is 42.2 Å². The zero-order chi connectivity index (χ0) is 13.0. The number of benzene rings is 1. The van der Waals surface area contributed by atoms with Crippen LogP contribution in [0.3, 0.4) is 0 Å². The smallest absolute Gasteiger partial charge is 0.162 e. The zero-order valence-corrected chi connectivity index (χ0v) is 10.6. The maximum absolute atomic E-state index is 11.5. The lowest BCUT2D eigenvalue weighted by Gasteiger charge is -2.13. The second kappa shape index (κ2) is 5.49. The summed E-state index contributed by atoms with van der Waals surface area (Å²) in [5, 5.41) is 10.1. The van der Waals surface area contributed by atoms with Gasteiger partial charge >= 0.3 is 0 Å². The van der Waals surface area contributed by atoms with Gasteiger partial charge in [-0.1, -0.05) is 6.92 Å². The van der Waals surface area contributed by atoms with Crippen LogP contribution in [0.5, 0.6) is 0 Å². The lowest BCUT2D eigenvalue weighted by atomic mass is 10.1. The van der Waals surface area contributed by atoms with Crippen LogP contribution in [-0.4, -0.2) is 16.0 Å². The summed E-state index contributed by atoms with van der Waals surface area (Å²) in [5.74, 6) is 0.171. The van der Waals surface area contributed by atoms with Crippen molar-refractivity contribution in [3.63, 3.8) is 0 Å². The molecule has 4 nitrogen and oxygen atoms in total. The summed E-state index contributed by atoms with van der Waals surface area (Å²) in [7, 11) is 0. The van der Waals surface area contributed by atoms with E-state index in [1.54, 1.807) is 6.20 Å². The molecule has 4 heteroatoms. The summed E-state index contributed by atoms with van der Waals surface area (Å²) in [6.07, 6.45) is 4.21. The summed E-state index contributed by atoms with van der Waals surface area (Å²) in [5.41, 5.74) is 2.86. The first-order chi connectivity index (χ1) is 8.70. The first kappa shape index (κ1) is 12.4. The lowest BCUT2D eigenvalue weighted by Crippen LogP contribution is -2.06. The quantitative estimate of drug-likeness (QED) is 0.793. The van der Waals surface area contributed by atoms with Gasteiger partial charge in [-0.15, -0.1) is 0 Å². The zero-order valence-electron chi connectivity index (χ0n) is 10.6. The monoisotopic (exact) mass is 243 g/mol. The minimum atomic E-state index is 0.171. The fourth-order valence-electron chi connectivity index (χ4n) is 1.79. The Balaban J connectivity index is 2.04. The fourth-order valence-corrected chi connectivity index (χ4v) is 1.79. The number of H-pyrrole nitrogens is 1. The van der Waals surface area contributed by atoms with E-state index < -0.39 is 0 Å². The maximum atomic E-state index is 11.5. The summed E-state index contributed by atoms with van der Waals surface area (Å²) >= 11 is 0. The number of nitrogens with one attached hydrogen (secondary N) is 2. The molecule has 0 spiro atoms. The minimum Gasteiger partial charge on any atom is -0.378 e. The highest BCUT2D eigenvalue weighted by atomic mass is 16.1. The molecule has 0 aliphatic carbocycles. The Morgan fingerprint density at radius 3 is 2.67 bits per heavy atom. The summed E-state index contributed by atoms with van der Waals surface area (Å²) in [6, 6.07) is 7.75. The Morgan fingerprint density at radius 1 is 1.39 bits per heavy atom. The van der Waals surface area contributed by atoms with Crippen molar-refractivity contribution in [3.05, 3.63) is 47.8 Å². The van der Waals surface area contributed by atoms with Gasteiger partial charge < -0.3 is 5.32 Å². The average Bonchev–Trinajstić information content (AvgIpc) is 2.92. The number of carbonyl (C=O) groups is 1. The summed E-state index contributed by atoms with van der Waals surface area (Å²) in [4.78, 5) is 11.5. The third kappa shape index (κ3) is 2.77. The number of ketones is 1. The molecule has 0 radical (unpaired) electrons. The molecule has 1 aromatic carbocycles. The molecule has 94 valence electrons. The van der Waals surface area contributed by atoms with Crippen LogP contribution in [0.25, 0.3) is 0 Å². The molecule has 2 N–H and O–H groups in total. The molecular formula is C14H17N3O. The highest BCUT2D eigenvalue weighted by Crippen LogP contribution is 2.18. The number of carbonyl (C=O) groups excluding carboxylic acids is 1. The number of anilines is 1. The molecule has 1 atom stereocenters.